The van der Waals surface area contributed by atoms with Gasteiger partial charge in [0.25, 0.3) is 0 Å². The van der Waals surface area contributed by atoms with E-state index in [0.717, 1.165) is 24.3 Å². The molecule has 0 unspecified atom stereocenters. The first-order valence-corrected chi connectivity index (χ1v) is 5.99. The van der Waals surface area contributed by atoms with Crippen LogP contribution in [-0.2, 0) is 6.42 Å². The molecule has 96 valence electrons. The highest BCUT2D eigenvalue weighted by atomic mass is 16.6. The van der Waals surface area contributed by atoms with E-state index < -0.39 is 0 Å². The molecule has 3 aromatic rings. The summed E-state index contributed by atoms with van der Waals surface area (Å²) in [4.78, 5) is 4.27. The Morgan fingerprint density at radius 2 is 2.00 bits per heavy atom. The SMILES string of the molecule is Nc1ccc(NCCc2ccccn2)c2nonc12. The van der Waals surface area contributed by atoms with Crippen LogP contribution in [0.25, 0.3) is 11.0 Å². The monoisotopic (exact) mass is 255 g/mol. The molecule has 0 bridgehead atoms. The second kappa shape index (κ2) is 4.93. The van der Waals surface area contributed by atoms with E-state index in [4.69, 9.17) is 10.4 Å². The first-order chi connectivity index (χ1) is 9.34. The van der Waals surface area contributed by atoms with E-state index in [9.17, 15) is 0 Å². The Kier molecular flexibility index (Phi) is 2.97. The minimum absolute atomic E-state index is 0.562. The van der Waals surface area contributed by atoms with Gasteiger partial charge in [0.1, 0.15) is 0 Å². The van der Waals surface area contributed by atoms with Crippen molar-refractivity contribution in [3.8, 4) is 0 Å². The Morgan fingerprint density at radius 1 is 1.11 bits per heavy atom. The average Bonchev–Trinajstić information content (AvgIpc) is 2.93. The van der Waals surface area contributed by atoms with Crippen molar-refractivity contribution in [3.05, 3.63) is 42.2 Å². The number of nitrogens with one attached hydrogen (secondary N) is 1. The number of hydrogen-bond donors (Lipinski definition) is 2. The van der Waals surface area contributed by atoms with Gasteiger partial charge < -0.3 is 11.1 Å². The fraction of sp³-hybridized carbons (Fsp3) is 0.154. The molecule has 6 heteroatoms. The molecule has 0 saturated heterocycles. The van der Waals surface area contributed by atoms with E-state index in [-0.39, 0.29) is 0 Å². The fourth-order valence-electron chi connectivity index (χ4n) is 1.90. The predicted molar refractivity (Wildman–Crippen MR) is 72.6 cm³/mol. The van der Waals surface area contributed by atoms with Crippen molar-refractivity contribution in [2.45, 2.75) is 6.42 Å². The highest BCUT2D eigenvalue weighted by molar-refractivity contribution is 5.94. The van der Waals surface area contributed by atoms with Crippen molar-refractivity contribution >= 4 is 22.4 Å². The van der Waals surface area contributed by atoms with Crippen molar-refractivity contribution in [2.75, 3.05) is 17.6 Å². The molecule has 0 aliphatic carbocycles. The predicted octanol–water partition coefficient (Wildman–Crippen LogP) is 1.85. The number of benzene rings is 1. The lowest BCUT2D eigenvalue weighted by Crippen LogP contribution is -2.06. The Morgan fingerprint density at radius 3 is 2.84 bits per heavy atom. The van der Waals surface area contributed by atoms with Gasteiger partial charge in [-0.05, 0) is 34.6 Å². The highest BCUT2D eigenvalue weighted by Crippen LogP contribution is 2.24. The van der Waals surface area contributed by atoms with E-state index in [0.29, 0.717) is 16.7 Å². The van der Waals surface area contributed by atoms with Gasteiger partial charge in [-0.25, -0.2) is 4.63 Å². The highest BCUT2D eigenvalue weighted by Gasteiger charge is 2.09. The molecule has 0 fully saturated rings. The maximum absolute atomic E-state index is 5.79. The van der Waals surface area contributed by atoms with Crippen molar-refractivity contribution in [1.82, 2.24) is 15.3 Å². The summed E-state index contributed by atoms with van der Waals surface area (Å²) in [6.07, 6.45) is 2.62. The number of hydrogen-bond acceptors (Lipinski definition) is 6. The maximum atomic E-state index is 5.79. The summed E-state index contributed by atoms with van der Waals surface area (Å²) in [5.74, 6) is 0. The molecular formula is C13H13N5O. The zero-order valence-electron chi connectivity index (χ0n) is 10.2. The summed E-state index contributed by atoms with van der Waals surface area (Å²) in [6.45, 7) is 0.753. The molecule has 2 heterocycles. The second-order valence-electron chi connectivity index (χ2n) is 4.16. The van der Waals surface area contributed by atoms with Crippen LogP contribution in [-0.4, -0.2) is 21.8 Å². The molecule has 0 aliphatic heterocycles. The van der Waals surface area contributed by atoms with Gasteiger partial charge in [0, 0.05) is 24.9 Å². The summed E-state index contributed by atoms with van der Waals surface area (Å²) in [5.41, 5.74) is 9.49. The third kappa shape index (κ3) is 2.33. The molecule has 2 aromatic heterocycles. The molecule has 3 rings (SSSR count). The van der Waals surface area contributed by atoms with Gasteiger partial charge in [-0.1, -0.05) is 6.07 Å². The normalized spacial score (nSPS) is 10.7. The van der Waals surface area contributed by atoms with Crippen LogP contribution in [0.15, 0.2) is 41.2 Å². The Hall–Kier alpha value is -2.63. The van der Waals surface area contributed by atoms with Crippen molar-refractivity contribution in [2.24, 2.45) is 0 Å². The van der Waals surface area contributed by atoms with Crippen molar-refractivity contribution < 1.29 is 4.63 Å². The molecular weight excluding hydrogens is 242 g/mol. The third-order valence-electron chi connectivity index (χ3n) is 2.87. The minimum Gasteiger partial charge on any atom is -0.397 e. The van der Waals surface area contributed by atoms with Crippen LogP contribution in [0.4, 0.5) is 11.4 Å². The number of nitrogen functional groups attached to an aromatic ring is 1. The third-order valence-corrected chi connectivity index (χ3v) is 2.87. The van der Waals surface area contributed by atoms with Crippen LogP contribution >= 0.6 is 0 Å². The molecule has 6 nitrogen and oxygen atoms in total. The Labute approximate surface area is 109 Å². The van der Waals surface area contributed by atoms with E-state index >= 15 is 0 Å². The molecule has 19 heavy (non-hydrogen) atoms. The molecule has 3 N–H and O–H groups in total. The molecule has 0 spiro atoms. The van der Waals surface area contributed by atoms with Crippen LogP contribution in [0, 0.1) is 0 Å². The average molecular weight is 255 g/mol. The molecule has 1 aromatic carbocycles. The van der Waals surface area contributed by atoms with Gasteiger partial charge in [0.15, 0.2) is 11.0 Å². The second-order valence-corrected chi connectivity index (χ2v) is 4.16. The number of nitrogens with zero attached hydrogens (tertiary/aromatic N) is 3. The fourth-order valence-corrected chi connectivity index (χ4v) is 1.90. The molecule has 0 amide bonds. The van der Waals surface area contributed by atoms with Gasteiger partial charge in [-0.2, -0.15) is 0 Å². The summed E-state index contributed by atoms with van der Waals surface area (Å²) in [7, 11) is 0. The van der Waals surface area contributed by atoms with Gasteiger partial charge in [-0.15, -0.1) is 0 Å². The lowest BCUT2D eigenvalue weighted by Gasteiger charge is -2.06. The maximum Gasteiger partial charge on any atom is 0.160 e. The quantitative estimate of drug-likeness (QED) is 0.691. The molecule has 0 aliphatic rings. The van der Waals surface area contributed by atoms with Crippen LogP contribution in [0.2, 0.25) is 0 Å². The number of rotatable bonds is 4. The summed E-state index contributed by atoms with van der Waals surface area (Å²) in [5, 5.41) is 10.9. The summed E-state index contributed by atoms with van der Waals surface area (Å²) < 4.78 is 4.72. The van der Waals surface area contributed by atoms with Crippen LogP contribution in [0.1, 0.15) is 5.69 Å². The number of anilines is 2. The van der Waals surface area contributed by atoms with Crippen LogP contribution < -0.4 is 11.1 Å². The summed E-state index contributed by atoms with van der Waals surface area (Å²) >= 11 is 0. The zero-order chi connectivity index (χ0) is 13.1. The van der Waals surface area contributed by atoms with Gasteiger partial charge in [0.05, 0.1) is 11.4 Å². The van der Waals surface area contributed by atoms with E-state index in [2.05, 4.69) is 20.6 Å². The number of pyridine rings is 1. The first kappa shape index (κ1) is 11.5. The number of aromatic nitrogens is 3. The molecule has 0 saturated carbocycles. The number of fused-ring (bicyclic) bond motifs is 1. The lowest BCUT2D eigenvalue weighted by molar-refractivity contribution is 0.316. The van der Waals surface area contributed by atoms with E-state index in [1.807, 2.05) is 24.3 Å². The first-order valence-electron chi connectivity index (χ1n) is 5.99. The zero-order valence-corrected chi connectivity index (χ0v) is 10.2. The smallest absolute Gasteiger partial charge is 0.160 e. The number of nitrogens with two attached hydrogens (primary N) is 1. The summed E-state index contributed by atoms with van der Waals surface area (Å²) in [6, 6.07) is 9.54. The molecule has 0 atom stereocenters. The van der Waals surface area contributed by atoms with Crippen molar-refractivity contribution in [1.29, 1.82) is 0 Å². The topological polar surface area (TPSA) is 89.9 Å². The standard InChI is InChI=1S/C13H13N5O/c14-10-4-5-11(13-12(10)17-19-18-13)16-8-6-9-3-1-2-7-15-9/h1-5,7,16H,6,8,14H2. The lowest BCUT2D eigenvalue weighted by atomic mass is 10.2. The van der Waals surface area contributed by atoms with E-state index in [1.165, 1.54) is 0 Å². The Bertz CT molecular complexity index is 680. The van der Waals surface area contributed by atoms with Crippen LogP contribution in [0.5, 0.6) is 0 Å². The van der Waals surface area contributed by atoms with E-state index in [1.54, 1.807) is 12.3 Å². The van der Waals surface area contributed by atoms with Gasteiger partial charge in [0.2, 0.25) is 0 Å². The molecule has 0 radical (unpaired) electrons. The van der Waals surface area contributed by atoms with Crippen LogP contribution in [0.3, 0.4) is 0 Å². The Balaban J connectivity index is 1.72. The minimum atomic E-state index is 0.562. The largest absolute Gasteiger partial charge is 0.397 e. The van der Waals surface area contributed by atoms with Gasteiger partial charge >= 0.3 is 0 Å². The van der Waals surface area contributed by atoms with Crippen molar-refractivity contribution in [3.63, 3.8) is 0 Å². The van der Waals surface area contributed by atoms with Gasteiger partial charge in [-0.3, -0.25) is 4.98 Å².